The van der Waals surface area contributed by atoms with Crippen molar-refractivity contribution < 1.29 is 4.79 Å². The van der Waals surface area contributed by atoms with Gasteiger partial charge in [-0.05, 0) is 57.6 Å². The van der Waals surface area contributed by atoms with Crippen LogP contribution in [0.4, 0.5) is 5.82 Å². The lowest BCUT2D eigenvalue weighted by Crippen LogP contribution is -2.31. The van der Waals surface area contributed by atoms with E-state index in [-0.39, 0.29) is 11.9 Å². The molecule has 26 heavy (non-hydrogen) atoms. The van der Waals surface area contributed by atoms with Crippen molar-refractivity contribution in [3.63, 3.8) is 0 Å². The quantitative estimate of drug-likeness (QED) is 0.896. The Morgan fingerprint density at radius 2 is 2.08 bits per heavy atom. The van der Waals surface area contributed by atoms with Gasteiger partial charge in [-0.1, -0.05) is 0 Å². The topological polar surface area (TPSA) is 63.1 Å². The van der Waals surface area contributed by atoms with Crippen LogP contribution in [0.3, 0.4) is 0 Å². The van der Waals surface area contributed by atoms with E-state index in [1.54, 1.807) is 6.20 Å². The first-order chi connectivity index (χ1) is 12.5. The summed E-state index contributed by atoms with van der Waals surface area (Å²) in [6.07, 6.45) is 6.35. The first kappa shape index (κ1) is 17.1. The molecule has 4 rings (SSSR count). The Morgan fingerprint density at radius 3 is 2.69 bits per heavy atom. The highest BCUT2D eigenvalue weighted by molar-refractivity contribution is 5.94. The zero-order chi connectivity index (χ0) is 18.3. The third-order valence-electron chi connectivity index (χ3n) is 5.69. The molecule has 1 amide bonds. The SMILES string of the molecule is Cc1nn(C)c(C)c1C1CCCN1C(=O)c1ccc(NCC2CC2)nc1. The third kappa shape index (κ3) is 3.20. The van der Waals surface area contributed by atoms with E-state index in [4.69, 9.17) is 0 Å². The van der Waals surface area contributed by atoms with Crippen molar-refractivity contribution in [3.05, 3.63) is 40.8 Å². The maximum Gasteiger partial charge on any atom is 0.255 e. The van der Waals surface area contributed by atoms with Crippen LogP contribution in [0, 0.1) is 19.8 Å². The molecule has 0 aromatic carbocycles. The number of amides is 1. The number of nitrogens with one attached hydrogen (secondary N) is 1. The van der Waals surface area contributed by atoms with E-state index in [0.717, 1.165) is 49.1 Å². The minimum Gasteiger partial charge on any atom is -0.370 e. The lowest BCUT2D eigenvalue weighted by atomic mass is 10.0. The number of pyridine rings is 1. The van der Waals surface area contributed by atoms with E-state index < -0.39 is 0 Å². The van der Waals surface area contributed by atoms with Crippen molar-refractivity contribution >= 4 is 11.7 Å². The van der Waals surface area contributed by atoms with Crippen molar-refractivity contribution in [1.29, 1.82) is 0 Å². The van der Waals surface area contributed by atoms with Gasteiger partial charge in [0.2, 0.25) is 0 Å². The summed E-state index contributed by atoms with van der Waals surface area (Å²) < 4.78 is 1.91. The molecule has 138 valence electrons. The van der Waals surface area contributed by atoms with Crippen LogP contribution in [0.2, 0.25) is 0 Å². The second kappa shape index (κ2) is 6.74. The monoisotopic (exact) mass is 353 g/mol. The fraction of sp³-hybridized carbons (Fsp3) is 0.550. The molecule has 1 unspecified atom stereocenters. The van der Waals surface area contributed by atoms with Gasteiger partial charge in [-0.15, -0.1) is 0 Å². The summed E-state index contributed by atoms with van der Waals surface area (Å²) >= 11 is 0. The Kier molecular flexibility index (Phi) is 4.42. The Hall–Kier alpha value is -2.37. The molecule has 1 saturated carbocycles. The number of carbonyl (C=O) groups excluding carboxylic acids is 1. The highest BCUT2D eigenvalue weighted by Crippen LogP contribution is 2.36. The van der Waals surface area contributed by atoms with E-state index in [1.807, 2.05) is 35.7 Å². The molecule has 6 nitrogen and oxygen atoms in total. The summed E-state index contributed by atoms with van der Waals surface area (Å²) in [5, 5.41) is 7.88. The second-order valence-electron chi connectivity index (χ2n) is 7.62. The molecule has 1 atom stereocenters. The lowest BCUT2D eigenvalue weighted by molar-refractivity contribution is 0.0734. The van der Waals surface area contributed by atoms with Crippen molar-refractivity contribution in [2.45, 2.75) is 45.6 Å². The molecule has 6 heteroatoms. The van der Waals surface area contributed by atoms with E-state index in [0.29, 0.717) is 5.56 Å². The summed E-state index contributed by atoms with van der Waals surface area (Å²) in [4.78, 5) is 19.5. The highest BCUT2D eigenvalue weighted by atomic mass is 16.2. The minimum absolute atomic E-state index is 0.0661. The smallest absolute Gasteiger partial charge is 0.255 e. The molecule has 2 aromatic rings. The van der Waals surface area contributed by atoms with Crippen molar-refractivity contribution in [1.82, 2.24) is 19.7 Å². The molecular formula is C20H27N5O. The maximum absolute atomic E-state index is 13.1. The number of hydrogen-bond acceptors (Lipinski definition) is 4. The molecule has 1 saturated heterocycles. The number of carbonyl (C=O) groups is 1. The minimum atomic E-state index is 0.0661. The van der Waals surface area contributed by atoms with Gasteiger partial charge in [-0.2, -0.15) is 5.10 Å². The molecule has 2 aliphatic rings. The van der Waals surface area contributed by atoms with E-state index in [2.05, 4.69) is 22.3 Å². The fourth-order valence-corrected chi connectivity index (χ4v) is 3.94. The highest BCUT2D eigenvalue weighted by Gasteiger charge is 2.34. The first-order valence-electron chi connectivity index (χ1n) is 9.55. The predicted octanol–water partition coefficient (Wildman–Crippen LogP) is 3.23. The van der Waals surface area contributed by atoms with Gasteiger partial charge < -0.3 is 10.2 Å². The number of nitrogens with zero attached hydrogens (tertiary/aromatic N) is 4. The van der Waals surface area contributed by atoms with Crippen LogP contribution in [-0.4, -0.2) is 38.7 Å². The number of aromatic nitrogens is 3. The summed E-state index contributed by atoms with van der Waals surface area (Å²) in [5.74, 6) is 1.72. The number of likely N-dealkylation sites (tertiary alicyclic amines) is 1. The Bertz CT molecular complexity index is 806. The van der Waals surface area contributed by atoms with Crippen LogP contribution >= 0.6 is 0 Å². The van der Waals surface area contributed by atoms with Gasteiger partial charge in [-0.3, -0.25) is 9.48 Å². The molecule has 0 spiro atoms. The maximum atomic E-state index is 13.1. The van der Waals surface area contributed by atoms with E-state index in [9.17, 15) is 4.79 Å². The van der Waals surface area contributed by atoms with E-state index in [1.165, 1.54) is 18.4 Å². The molecular weight excluding hydrogens is 326 g/mol. The average molecular weight is 353 g/mol. The number of aryl methyl sites for hydroxylation is 2. The molecule has 2 fully saturated rings. The summed E-state index contributed by atoms with van der Waals surface area (Å²) in [6, 6.07) is 3.92. The molecule has 3 heterocycles. The predicted molar refractivity (Wildman–Crippen MR) is 101 cm³/mol. The molecule has 1 aliphatic heterocycles. The lowest BCUT2D eigenvalue weighted by Gasteiger charge is -2.25. The van der Waals surface area contributed by atoms with Gasteiger partial charge >= 0.3 is 0 Å². The number of anilines is 1. The first-order valence-corrected chi connectivity index (χ1v) is 9.55. The molecule has 2 aromatic heterocycles. The van der Waals surface area contributed by atoms with Gasteiger partial charge in [0.1, 0.15) is 5.82 Å². The van der Waals surface area contributed by atoms with Crippen molar-refractivity contribution in [2.75, 3.05) is 18.4 Å². The number of hydrogen-bond donors (Lipinski definition) is 1. The molecule has 1 aliphatic carbocycles. The summed E-state index contributed by atoms with van der Waals surface area (Å²) in [5.41, 5.74) is 4.03. The van der Waals surface area contributed by atoms with Crippen LogP contribution < -0.4 is 5.32 Å². The number of rotatable bonds is 5. The van der Waals surface area contributed by atoms with Gasteiger partial charge in [-0.25, -0.2) is 4.98 Å². The van der Waals surface area contributed by atoms with Crippen LogP contribution in [0.15, 0.2) is 18.3 Å². The van der Waals surface area contributed by atoms with Crippen LogP contribution in [0.1, 0.15) is 59.0 Å². The zero-order valence-electron chi connectivity index (χ0n) is 15.8. The van der Waals surface area contributed by atoms with Crippen LogP contribution in [0.25, 0.3) is 0 Å². The van der Waals surface area contributed by atoms with Crippen molar-refractivity contribution in [2.24, 2.45) is 13.0 Å². The average Bonchev–Trinajstić information content (AvgIpc) is 3.29. The Labute approximate surface area is 154 Å². The fourth-order valence-electron chi connectivity index (χ4n) is 3.94. The molecule has 0 radical (unpaired) electrons. The summed E-state index contributed by atoms with van der Waals surface area (Å²) in [7, 11) is 1.96. The van der Waals surface area contributed by atoms with Crippen molar-refractivity contribution in [3.8, 4) is 0 Å². The van der Waals surface area contributed by atoms with Gasteiger partial charge in [0.05, 0.1) is 17.3 Å². The Morgan fingerprint density at radius 1 is 1.27 bits per heavy atom. The van der Waals surface area contributed by atoms with E-state index >= 15 is 0 Å². The second-order valence-corrected chi connectivity index (χ2v) is 7.62. The van der Waals surface area contributed by atoms with Gasteiger partial charge in [0.25, 0.3) is 5.91 Å². The third-order valence-corrected chi connectivity index (χ3v) is 5.69. The van der Waals surface area contributed by atoms with Crippen LogP contribution in [-0.2, 0) is 7.05 Å². The standard InChI is InChI=1S/C20H27N5O/c1-13-19(14(2)24(3)23-13)17-5-4-10-25(17)20(26)16-8-9-18(22-12-16)21-11-15-6-7-15/h8-9,12,15,17H,4-7,10-11H2,1-3H3,(H,21,22). The zero-order valence-corrected chi connectivity index (χ0v) is 15.8. The normalized spacial score (nSPS) is 19.8. The molecule has 0 bridgehead atoms. The van der Waals surface area contributed by atoms with Crippen LogP contribution in [0.5, 0.6) is 0 Å². The summed E-state index contributed by atoms with van der Waals surface area (Å²) in [6.45, 7) is 5.89. The van der Waals surface area contributed by atoms with Gasteiger partial charge in [0.15, 0.2) is 0 Å². The molecule has 1 N–H and O–H groups in total. The van der Waals surface area contributed by atoms with Gasteiger partial charge in [0, 0.05) is 37.6 Å². The Balaban J connectivity index is 1.51. The largest absolute Gasteiger partial charge is 0.370 e.